The number of amides is 1. The number of sulfonamides is 1. The molecule has 2 aromatic rings. The van der Waals surface area contributed by atoms with Gasteiger partial charge < -0.3 is 5.32 Å². The summed E-state index contributed by atoms with van der Waals surface area (Å²) in [6, 6.07) is 7.71. The summed E-state index contributed by atoms with van der Waals surface area (Å²) in [5.41, 5.74) is -0.550. The zero-order valence-corrected chi connectivity index (χ0v) is 17.0. The quantitative estimate of drug-likeness (QED) is 0.690. The zero-order valence-electron chi connectivity index (χ0n) is 15.4. The molecule has 0 aliphatic carbocycles. The van der Waals surface area contributed by atoms with Gasteiger partial charge in [-0.25, -0.2) is 8.42 Å². The number of nitrogens with one attached hydrogen (secondary N) is 1. The number of hydrogen-bond donors (Lipinski definition) is 1. The van der Waals surface area contributed by atoms with E-state index in [1.165, 1.54) is 22.5 Å². The Morgan fingerprint density at radius 2 is 1.82 bits per heavy atom. The molecule has 0 spiro atoms. The van der Waals surface area contributed by atoms with Gasteiger partial charge in [-0.3, -0.25) is 4.79 Å². The van der Waals surface area contributed by atoms with Gasteiger partial charge in [-0.2, -0.15) is 17.5 Å². The van der Waals surface area contributed by atoms with Crippen LogP contribution in [-0.2, 0) is 34.0 Å². The van der Waals surface area contributed by atoms with E-state index in [4.69, 9.17) is 0 Å². The summed E-state index contributed by atoms with van der Waals surface area (Å²) < 4.78 is 64.6. The highest BCUT2D eigenvalue weighted by Crippen LogP contribution is 2.29. The Labute approximate surface area is 166 Å². The summed E-state index contributed by atoms with van der Waals surface area (Å²) in [7, 11) is -3.55. The summed E-state index contributed by atoms with van der Waals surface area (Å²) >= 11 is 1.06. The van der Waals surface area contributed by atoms with Crippen LogP contribution in [0.2, 0.25) is 0 Å². The van der Waals surface area contributed by atoms with E-state index >= 15 is 0 Å². The number of hydrogen-bond acceptors (Lipinski definition) is 4. The Morgan fingerprint density at radius 1 is 1.14 bits per heavy atom. The molecule has 0 atom stereocenters. The first-order valence-corrected chi connectivity index (χ1v) is 10.8. The number of carbonyl (C=O) groups excluding carboxylic acids is 1. The summed E-state index contributed by atoms with van der Waals surface area (Å²) in [5.74, 6) is -0.444. The average molecular weight is 435 g/mol. The molecule has 0 saturated carbocycles. The monoisotopic (exact) mass is 434 g/mol. The van der Waals surface area contributed by atoms with E-state index in [1.807, 2.05) is 0 Å². The number of thiophene rings is 1. The van der Waals surface area contributed by atoms with Crippen molar-refractivity contribution in [3.05, 3.63) is 52.4 Å². The molecule has 0 aliphatic rings. The average Bonchev–Trinajstić information content (AvgIpc) is 3.10. The van der Waals surface area contributed by atoms with E-state index in [9.17, 15) is 26.4 Å². The first-order chi connectivity index (χ1) is 13.1. The minimum atomic E-state index is -4.46. The summed E-state index contributed by atoms with van der Waals surface area (Å²) in [5, 5.41) is 2.61. The number of alkyl halides is 3. The highest BCUT2D eigenvalue weighted by molar-refractivity contribution is 7.91. The van der Waals surface area contributed by atoms with Crippen molar-refractivity contribution in [2.45, 2.75) is 37.2 Å². The number of carbonyl (C=O) groups is 1. The van der Waals surface area contributed by atoms with Gasteiger partial charge in [-0.1, -0.05) is 32.0 Å². The first-order valence-electron chi connectivity index (χ1n) is 8.59. The Balaban J connectivity index is 1.98. The van der Waals surface area contributed by atoms with Crippen LogP contribution in [0.1, 0.15) is 29.9 Å². The maximum Gasteiger partial charge on any atom is 0.416 e. The van der Waals surface area contributed by atoms with Crippen LogP contribution in [-0.4, -0.2) is 31.7 Å². The predicted molar refractivity (Wildman–Crippen MR) is 101 cm³/mol. The number of rotatable bonds is 8. The van der Waals surface area contributed by atoms with Crippen LogP contribution in [0.25, 0.3) is 0 Å². The molecule has 1 heterocycles. The number of benzene rings is 1. The van der Waals surface area contributed by atoms with Crippen LogP contribution in [0.15, 0.2) is 40.6 Å². The largest absolute Gasteiger partial charge is 0.416 e. The molecule has 0 aliphatic heterocycles. The van der Waals surface area contributed by atoms with Crippen molar-refractivity contribution in [3.63, 3.8) is 0 Å². The molecule has 0 radical (unpaired) electrons. The lowest BCUT2D eigenvalue weighted by Crippen LogP contribution is -2.30. The second kappa shape index (κ2) is 9.06. The standard InChI is InChI=1S/C18H21F3N2O3S2/c1-3-23(4-2)28(25,26)17-9-8-15(27-17)12-22-16(24)11-13-6-5-7-14(10-13)18(19,20)21/h5-10H,3-4,11-12H2,1-2H3,(H,22,24). The molecule has 1 aromatic heterocycles. The van der Waals surface area contributed by atoms with Crippen molar-refractivity contribution in [2.75, 3.05) is 13.1 Å². The molecule has 1 aromatic carbocycles. The number of nitrogens with zero attached hydrogens (tertiary/aromatic N) is 1. The molecule has 2 rings (SSSR count). The van der Waals surface area contributed by atoms with Crippen molar-refractivity contribution < 1.29 is 26.4 Å². The van der Waals surface area contributed by atoms with Crippen molar-refractivity contribution in [1.29, 1.82) is 0 Å². The molecule has 0 unspecified atom stereocenters. The molecular formula is C18H21F3N2O3S2. The van der Waals surface area contributed by atoms with Gasteiger partial charge in [0.1, 0.15) is 4.21 Å². The highest BCUT2D eigenvalue weighted by Gasteiger charge is 2.30. The second-order valence-corrected chi connectivity index (χ2v) is 9.29. The van der Waals surface area contributed by atoms with Gasteiger partial charge in [0.2, 0.25) is 5.91 Å². The van der Waals surface area contributed by atoms with E-state index in [0.717, 1.165) is 23.5 Å². The van der Waals surface area contributed by atoms with Crippen LogP contribution in [0.3, 0.4) is 0 Å². The van der Waals surface area contributed by atoms with Crippen molar-refractivity contribution in [1.82, 2.24) is 9.62 Å². The summed E-state index contributed by atoms with van der Waals surface area (Å²) in [6.07, 6.45) is -4.66. The molecule has 10 heteroatoms. The van der Waals surface area contributed by atoms with Crippen LogP contribution in [0.4, 0.5) is 13.2 Å². The molecule has 0 saturated heterocycles. The smallest absolute Gasteiger partial charge is 0.351 e. The second-order valence-electron chi connectivity index (χ2n) is 5.96. The van der Waals surface area contributed by atoms with Crippen molar-refractivity contribution in [2.24, 2.45) is 0 Å². The normalized spacial score (nSPS) is 12.4. The predicted octanol–water partition coefficient (Wildman–Crippen LogP) is 3.66. The lowest BCUT2D eigenvalue weighted by atomic mass is 10.1. The third-order valence-electron chi connectivity index (χ3n) is 4.02. The van der Waals surface area contributed by atoms with Gasteiger partial charge in [0, 0.05) is 18.0 Å². The first kappa shape index (κ1) is 22.4. The minimum Gasteiger partial charge on any atom is -0.351 e. The molecule has 154 valence electrons. The van der Waals surface area contributed by atoms with Gasteiger partial charge in [0.15, 0.2) is 0 Å². The highest BCUT2D eigenvalue weighted by atomic mass is 32.2. The Kier molecular flexibility index (Phi) is 7.24. The van der Waals surface area contributed by atoms with Crippen LogP contribution in [0.5, 0.6) is 0 Å². The van der Waals surface area contributed by atoms with Gasteiger partial charge in [0.25, 0.3) is 10.0 Å². The van der Waals surface area contributed by atoms with E-state index in [-0.39, 0.29) is 22.7 Å². The SMILES string of the molecule is CCN(CC)S(=O)(=O)c1ccc(CNC(=O)Cc2cccc(C(F)(F)F)c2)s1. The fourth-order valence-corrected chi connectivity index (χ4v) is 5.48. The van der Waals surface area contributed by atoms with E-state index in [1.54, 1.807) is 19.9 Å². The number of halogens is 3. The Morgan fingerprint density at radius 3 is 2.43 bits per heavy atom. The lowest BCUT2D eigenvalue weighted by Gasteiger charge is -2.16. The maximum absolute atomic E-state index is 12.7. The molecule has 0 fully saturated rings. The third-order valence-corrected chi connectivity index (χ3v) is 7.62. The Bertz CT molecular complexity index is 920. The van der Waals surface area contributed by atoms with E-state index in [0.29, 0.717) is 18.0 Å². The third kappa shape index (κ3) is 5.55. The molecule has 0 bridgehead atoms. The van der Waals surface area contributed by atoms with Gasteiger partial charge in [-0.15, -0.1) is 11.3 Å². The Hall–Kier alpha value is -1.91. The fourth-order valence-electron chi connectivity index (χ4n) is 2.57. The molecule has 28 heavy (non-hydrogen) atoms. The lowest BCUT2D eigenvalue weighted by molar-refractivity contribution is -0.137. The molecule has 1 amide bonds. The van der Waals surface area contributed by atoms with E-state index < -0.39 is 27.7 Å². The minimum absolute atomic E-state index is 0.107. The van der Waals surface area contributed by atoms with Crippen LogP contribution in [0, 0.1) is 0 Å². The summed E-state index contributed by atoms with van der Waals surface area (Å²) in [4.78, 5) is 12.7. The van der Waals surface area contributed by atoms with Gasteiger partial charge >= 0.3 is 6.18 Å². The zero-order chi connectivity index (χ0) is 20.9. The molecule has 1 N–H and O–H groups in total. The van der Waals surface area contributed by atoms with Crippen LogP contribution >= 0.6 is 11.3 Å². The fraction of sp³-hybridized carbons (Fsp3) is 0.389. The molecule has 5 nitrogen and oxygen atoms in total. The van der Waals surface area contributed by atoms with Crippen molar-refractivity contribution in [3.8, 4) is 0 Å². The maximum atomic E-state index is 12.7. The molecular weight excluding hydrogens is 413 g/mol. The van der Waals surface area contributed by atoms with Crippen molar-refractivity contribution >= 4 is 27.3 Å². The topological polar surface area (TPSA) is 66.5 Å². The van der Waals surface area contributed by atoms with Crippen LogP contribution < -0.4 is 5.32 Å². The van der Waals surface area contributed by atoms with Gasteiger partial charge in [-0.05, 0) is 23.8 Å². The summed E-state index contributed by atoms with van der Waals surface area (Å²) in [6.45, 7) is 4.34. The van der Waals surface area contributed by atoms with E-state index in [2.05, 4.69) is 5.32 Å². The van der Waals surface area contributed by atoms with Gasteiger partial charge in [0.05, 0.1) is 18.5 Å².